The molecule has 3 aromatic carbocycles. The summed E-state index contributed by atoms with van der Waals surface area (Å²) in [5, 5.41) is 6.52. The summed E-state index contributed by atoms with van der Waals surface area (Å²) in [4.78, 5) is 29.6. The fraction of sp³-hybridized carbons (Fsp3) is 0. The first-order chi connectivity index (χ1) is 13.7. The molecule has 0 bridgehead atoms. The van der Waals surface area contributed by atoms with Crippen LogP contribution in [0.3, 0.4) is 0 Å². The molecule has 0 fully saturated rings. The van der Waals surface area contributed by atoms with Crippen molar-refractivity contribution in [3.8, 4) is 0 Å². The zero-order valence-electron chi connectivity index (χ0n) is 14.9. The highest BCUT2D eigenvalue weighted by atomic mass is 16.2. The molecular formula is C23H17N3O2. The zero-order valence-corrected chi connectivity index (χ0v) is 14.9. The maximum atomic E-state index is 12.9. The third-order valence-corrected chi connectivity index (χ3v) is 4.35. The van der Waals surface area contributed by atoms with Crippen LogP contribution in [0.1, 0.15) is 20.7 Å². The van der Waals surface area contributed by atoms with E-state index in [4.69, 9.17) is 0 Å². The third-order valence-electron chi connectivity index (χ3n) is 4.35. The molecule has 0 saturated heterocycles. The lowest BCUT2D eigenvalue weighted by Crippen LogP contribution is -2.17. The summed E-state index contributed by atoms with van der Waals surface area (Å²) in [6.45, 7) is 0. The number of para-hydroxylation sites is 3. The number of aromatic nitrogens is 1. The maximum Gasteiger partial charge on any atom is 0.256 e. The Labute approximate surface area is 162 Å². The molecular weight excluding hydrogens is 350 g/mol. The summed E-state index contributed by atoms with van der Waals surface area (Å²) < 4.78 is 0. The molecule has 0 aliphatic heterocycles. The molecule has 5 heteroatoms. The monoisotopic (exact) mass is 367 g/mol. The number of fused-ring (bicyclic) bond motifs is 1. The van der Waals surface area contributed by atoms with Crippen LogP contribution >= 0.6 is 0 Å². The van der Waals surface area contributed by atoms with Gasteiger partial charge in [-0.05, 0) is 36.4 Å². The van der Waals surface area contributed by atoms with E-state index in [0.29, 0.717) is 22.5 Å². The second kappa shape index (κ2) is 7.72. The number of carbonyl (C=O) groups excluding carboxylic acids is 2. The number of anilines is 2. The van der Waals surface area contributed by atoms with Crippen molar-refractivity contribution in [3.63, 3.8) is 0 Å². The van der Waals surface area contributed by atoms with Crippen molar-refractivity contribution in [2.75, 3.05) is 10.6 Å². The quantitative estimate of drug-likeness (QED) is 0.547. The van der Waals surface area contributed by atoms with Crippen LogP contribution in [0, 0.1) is 0 Å². The van der Waals surface area contributed by atoms with Gasteiger partial charge in [0.25, 0.3) is 11.8 Å². The van der Waals surface area contributed by atoms with E-state index in [1.54, 1.807) is 60.8 Å². The van der Waals surface area contributed by atoms with Crippen LogP contribution in [0.2, 0.25) is 0 Å². The molecule has 0 aliphatic rings. The van der Waals surface area contributed by atoms with Gasteiger partial charge in [-0.1, -0.05) is 48.5 Å². The molecule has 0 atom stereocenters. The van der Waals surface area contributed by atoms with Crippen molar-refractivity contribution in [3.05, 3.63) is 102 Å². The van der Waals surface area contributed by atoms with Gasteiger partial charge in [0, 0.05) is 17.1 Å². The lowest BCUT2D eigenvalue weighted by molar-refractivity contribution is 0.101. The minimum atomic E-state index is -0.264. The first-order valence-corrected chi connectivity index (χ1v) is 8.83. The van der Waals surface area contributed by atoms with Crippen LogP contribution in [-0.4, -0.2) is 16.8 Å². The van der Waals surface area contributed by atoms with Crippen LogP contribution < -0.4 is 10.6 Å². The summed E-state index contributed by atoms with van der Waals surface area (Å²) in [5.74, 6) is -0.503. The molecule has 2 N–H and O–H groups in total. The highest BCUT2D eigenvalue weighted by molar-refractivity contribution is 6.14. The Hall–Kier alpha value is -3.99. The van der Waals surface area contributed by atoms with Crippen molar-refractivity contribution < 1.29 is 9.59 Å². The van der Waals surface area contributed by atoms with Crippen LogP contribution in [0.25, 0.3) is 10.9 Å². The first-order valence-electron chi connectivity index (χ1n) is 8.83. The Morgan fingerprint density at radius 1 is 0.643 bits per heavy atom. The van der Waals surface area contributed by atoms with Crippen LogP contribution in [0.4, 0.5) is 11.4 Å². The van der Waals surface area contributed by atoms with Crippen molar-refractivity contribution in [1.82, 2.24) is 4.98 Å². The maximum absolute atomic E-state index is 12.9. The fourth-order valence-corrected chi connectivity index (χ4v) is 2.97. The smallest absolute Gasteiger partial charge is 0.256 e. The molecule has 0 aliphatic carbocycles. The van der Waals surface area contributed by atoms with Gasteiger partial charge >= 0.3 is 0 Å². The van der Waals surface area contributed by atoms with E-state index in [1.807, 2.05) is 30.3 Å². The Morgan fingerprint density at radius 2 is 1.25 bits per heavy atom. The van der Waals surface area contributed by atoms with Gasteiger partial charge in [0.2, 0.25) is 0 Å². The number of benzene rings is 3. The van der Waals surface area contributed by atoms with E-state index in [0.717, 1.165) is 10.9 Å². The average molecular weight is 367 g/mol. The molecule has 1 heterocycles. The predicted octanol–water partition coefficient (Wildman–Crippen LogP) is 4.74. The van der Waals surface area contributed by atoms with Gasteiger partial charge in [-0.15, -0.1) is 0 Å². The number of amides is 2. The van der Waals surface area contributed by atoms with E-state index < -0.39 is 0 Å². The predicted molar refractivity (Wildman–Crippen MR) is 111 cm³/mol. The molecule has 1 aromatic heterocycles. The third kappa shape index (κ3) is 3.59. The summed E-state index contributed by atoms with van der Waals surface area (Å²) in [5.41, 5.74) is 2.88. The first kappa shape index (κ1) is 17.4. The zero-order chi connectivity index (χ0) is 19.3. The van der Waals surface area contributed by atoms with E-state index in [-0.39, 0.29) is 11.8 Å². The molecule has 136 valence electrons. The summed E-state index contributed by atoms with van der Waals surface area (Å²) >= 11 is 0. The minimum Gasteiger partial charge on any atom is -0.320 e. The van der Waals surface area contributed by atoms with Crippen LogP contribution in [-0.2, 0) is 0 Å². The van der Waals surface area contributed by atoms with Gasteiger partial charge in [0.05, 0.1) is 22.5 Å². The second-order valence-electron chi connectivity index (χ2n) is 6.20. The summed E-state index contributed by atoms with van der Waals surface area (Å²) in [7, 11) is 0. The molecule has 0 radical (unpaired) electrons. The van der Waals surface area contributed by atoms with Crippen molar-refractivity contribution in [2.24, 2.45) is 0 Å². The van der Waals surface area contributed by atoms with Gasteiger partial charge in [-0.3, -0.25) is 14.6 Å². The highest BCUT2D eigenvalue weighted by Crippen LogP contribution is 2.24. The number of nitrogens with one attached hydrogen (secondary N) is 2. The van der Waals surface area contributed by atoms with Gasteiger partial charge in [0.15, 0.2) is 0 Å². The standard InChI is InChI=1S/C23H17N3O2/c27-22(16-8-2-1-3-9-16)25-20-12-6-7-13-21(20)26-23(28)18-14-15-24-19-11-5-4-10-17(18)19/h1-15H,(H,25,27)(H,26,28). The number of nitrogens with zero attached hydrogens (tertiary/aromatic N) is 1. The molecule has 2 amide bonds. The van der Waals surface area contributed by atoms with Crippen LogP contribution in [0.5, 0.6) is 0 Å². The highest BCUT2D eigenvalue weighted by Gasteiger charge is 2.14. The number of rotatable bonds is 4. The molecule has 0 saturated carbocycles. The Bertz CT molecular complexity index is 1150. The molecule has 4 rings (SSSR count). The van der Waals surface area contributed by atoms with Gasteiger partial charge in [-0.25, -0.2) is 0 Å². The van der Waals surface area contributed by atoms with E-state index in [2.05, 4.69) is 15.6 Å². The summed E-state index contributed by atoms with van der Waals surface area (Å²) in [6, 6.07) is 25.2. The summed E-state index contributed by atoms with van der Waals surface area (Å²) in [6.07, 6.45) is 1.61. The fourth-order valence-electron chi connectivity index (χ4n) is 2.97. The lowest BCUT2D eigenvalue weighted by atomic mass is 10.1. The topological polar surface area (TPSA) is 71.1 Å². The lowest BCUT2D eigenvalue weighted by Gasteiger charge is -2.13. The average Bonchev–Trinajstić information content (AvgIpc) is 2.75. The minimum absolute atomic E-state index is 0.239. The molecule has 4 aromatic rings. The van der Waals surface area contributed by atoms with Crippen molar-refractivity contribution >= 4 is 34.1 Å². The largest absolute Gasteiger partial charge is 0.320 e. The van der Waals surface area contributed by atoms with Crippen molar-refractivity contribution in [2.45, 2.75) is 0 Å². The van der Waals surface area contributed by atoms with Gasteiger partial charge in [0.1, 0.15) is 0 Å². The second-order valence-corrected chi connectivity index (χ2v) is 6.20. The molecule has 0 unspecified atom stereocenters. The van der Waals surface area contributed by atoms with E-state index in [1.165, 1.54) is 0 Å². The van der Waals surface area contributed by atoms with Crippen LogP contribution in [0.15, 0.2) is 91.1 Å². The van der Waals surface area contributed by atoms with E-state index >= 15 is 0 Å². The molecule has 5 nitrogen and oxygen atoms in total. The Kier molecular flexibility index (Phi) is 4.80. The molecule has 28 heavy (non-hydrogen) atoms. The SMILES string of the molecule is O=C(Nc1ccccc1NC(=O)c1ccnc2ccccc12)c1ccccc1. The molecule has 0 spiro atoms. The number of hydrogen-bond donors (Lipinski definition) is 2. The van der Waals surface area contributed by atoms with Crippen molar-refractivity contribution in [1.29, 1.82) is 0 Å². The van der Waals surface area contributed by atoms with Gasteiger partial charge < -0.3 is 10.6 Å². The Balaban J connectivity index is 1.60. The van der Waals surface area contributed by atoms with Gasteiger partial charge in [-0.2, -0.15) is 0 Å². The normalized spacial score (nSPS) is 10.4. The number of pyridine rings is 1. The number of carbonyl (C=O) groups is 2. The Morgan fingerprint density at radius 3 is 2.00 bits per heavy atom. The number of hydrogen-bond acceptors (Lipinski definition) is 3. The van der Waals surface area contributed by atoms with E-state index in [9.17, 15) is 9.59 Å².